The van der Waals surface area contributed by atoms with Crippen LogP contribution in [0.2, 0.25) is 0 Å². The highest BCUT2D eigenvalue weighted by Gasteiger charge is 2.37. The molecule has 1 unspecified atom stereocenters. The number of hydrogen-bond donors (Lipinski definition) is 3. The molecular formula is C26H27F4N7O3. The molecule has 0 saturated carbocycles. The van der Waals surface area contributed by atoms with Crippen LogP contribution in [0.3, 0.4) is 0 Å². The lowest BCUT2D eigenvalue weighted by Gasteiger charge is -2.20. The first-order valence-electron chi connectivity index (χ1n) is 12.4. The highest BCUT2D eigenvalue weighted by atomic mass is 19.4. The predicted octanol–water partition coefficient (Wildman–Crippen LogP) is 4.18. The van der Waals surface area contributed by atoms with Gasteiger partial charge in [0.2, 0.25) is 0 Å². The van der Waals surface area contributed by atoms with Gasteiger partial charge in [0.05, 0.1) is 30.2 Å². The summed E-state index contributed by atoms with van der Waals surface area (Å²) in [5, 5.41) is 11.0. The van der Waals surface area contributed by atoms with Crippen molar-refractivity contribution in [1.82, 2.24) is 25.1 Å². The summed E-state index contributed by atoms with van der Waals surface area (Å²) in [7, 11) is 1.79. The molecule has 212 valence electrons. The lowest BCUT2D eigenvalue weighted by Crippen LogP contribution is -2.27. The van der Waals surface area contributed by atoms with E-state index in [0.717, 1.165) is 12.3 Å². The van der Waals surface area contributed by atoms with Crippen LogP contribution in [-0.4, -0.2) is 64.1 Å². The van der Waals surface area contributed by atoms with Gasteiger partial charge in [-0.25, -0.2) is 19.5 Å². The first-order chi connectivity index (χ1) is 19.1. The molecule has 1 aromatic carbocycles. The van der Waals surface area contributed by atoms with E-state index in [1.54, 1.807) is 31.3 Å². The molecule has 0 amide bonds. The van der Waals surface area contributed by atoms with Gasteiger partial charge in [0, 0.05) is 25.2 Å². The third-order valence-electron chi connectivity index (χ3n) is 6.15. The number of benzene rings is 1. The average Bonchev–Trinajstić information content (AvgIpc) is 2.91. The van der Waals surface area contributed by atoms with Crippen molar-refractivity contribution in [2.45, 2.75) is 32.0 Å². The van der Waals surface area contributed by atoms with Crippen molar-refractivity contribution in [2.24, 2.45) is 0 Å². The Morgan fingerprint density at radius 1 is 1.25 bits per heavy atom. The summed E-state index contributed by atoms with van der Waals surface area (Å²) >= 11 is 0. The number of rotatable bonds is 10. The number of halogens is 4. The lowest BCUT2D eigenvalue weighted by atomic mass is 10.0. The van der Waals surface area contributed by atoms with Crippen molar-refractivity contribution >= 4 is 23.9 Å². The van der Waals surface area contributed by atoms with Crippen LogP contribution >= 0.6 is 0 Å². The Kier molecular flexibility index (Phi) is 8.65. The fourth-order valence-electron chi connectivity index (χ4n) is 4.14. The Bertz CT molecular complexity index is 1460. The Labute approximate surface area is 226 Å². The minimum atomic E-state index is -4.82. The summed E-state index contributed by atoms with van der Waals surface area (Å²) in [6.07, 6.45) is 2.61. The van der Waals surface area contributed by atoms with Gasteiger partial charge in [0.15, 0.2) is 23.7 Å². The second-order valence-corrected chi connectivity index (χ2v) is 9.23. The van der Waals surface area contributed by atoms with Crippen LogP contribution in [0.25, 0.3) is 17.5 Å². The maximum Gasteiger partial charge on any atom is 0.423 e. The molecule has 3 heterocycles. The van der Waals surface area contributed by atoms with E-state index in [0.29, 0.717) is 56.0 Å². The fraction of sp³-hybridized carbons (Fsp3) is 0.346. The van der Waals surface area contributed by atoms with Crippen LogP contribution in [0.4, 0.5) is 29.1 Å². The SMILES string of the molecule is CC(CCCN(C)/C=C\c1cc(-c2ncc3c(n2)NCCO3)c(F)cc1C=O)Nc1cn[nH]c(=O)c1C(F)(F)F. The fourth-order valence-corrected chi connectivity index (χ4v) is 4.14. The summed E-state index contributed by atoms with van der Waals surface area (Å²) in [5.41, 5.74) is -2.27. The first kappa shape index (κ1) is 28.5. The van der Waals surface area contributed by atoms with Gasteiger partial charge >= 0.3 is 6.18 Å². The van der Waals surface area contributed by atoms with Gasteiger partial charge in [-0.1, -0.05) is 0 Å². The van der Waals surface area contributed by atoms with Crippen LogP contribution in [0, 0.1) is 5.82 Å². The maximum atomic E-state index is 14.8. The van der Waals surface area contributed by atoms with Crippen LogP contribution in [0.1, 0.15) is 41.3 Å². The minimum Gasteiger partial charge on any atom is -0.486 e. The highest BCUT2D eigenvalue weighted by Crippen LogP contribution is 2.32. The number of aldehydes is 1. The molecule has 1 aliphatic rings. The van der Waals surface area contributed by atoms with E-state index in [1.807, 2.05) is 4.90 Å². The largest absolute Gasteiger partial charge is 0.486 e. The Morgan fingerprint density at radius 3 is 2.80 bits per heavy atom. The number of ether oxygens (including phenoxy) is 1. The zero-order chi connectivity index (χ0) is 28.9. The number of aromatic nitrogens is 4. The molecule has 3 N–H and O–H groups in total. The topological polar surface area (TPSA) is 125 Å². The number of fused-ring (bicyclic) bond motifs is 1. The standard InChI is InChI=1S/C26H27F4N7O3/c1-15(34-20-12-33-36-25(39)22(20)26(28,29)30)4-3-7-37(2)8-5-16-10-18(19(27)11-17(16)14-38)23-32-13-21-24(35-23)31-6-9-40-21/h5,8,10-15H,3-4,6-7,9H2,1-2H3,(H,31,32,35)(H2,34,36,39)/b8-5-. The molecule has 0 saturated heterocycles. The molecule has 1 aliphatic heterocycles. The van der Waals surface area contributed by atoms with Crippen molar-refractivity contribution in [1.29, 1.82) is 0 Å². The molecule has 0 spiro atoms. The van der Waals surface area contributed by atoms with Gasteiger partial charge in [-0.15, -0.1) is 0 Å². The molecule has 3 aromatic rings. The van der Waals surface area contributed by atoms with Crippen molar-refractivity contribution in [2.75, 3.05) is 37.4 Å². The van der Waals surface area contributed by atoms with Gasteiger partial charge in [-0.3, -0.25) is 9.59 Å². The molecule has 10 nitrogen and oxygen atoms in total. The van der Waals surface area contributed by atoms with Gasteiger partial charge < -0.3 is 20.3 Å². The molecule has 0 bridgehead atoms. The van der Waals surface area contributed by atoms with Gasteiger partial charge in [-0.2, -0.15) is 18.3 Å². The highest BCUT2D eigenvalue weighted by molar-refractivity contribution is 5.84. The number of anilines is 2. The summed E-state index contributed by atoms with van der Waals surface area (Å²) in [6.45, 7) is 3.27. The second kappa shape index (κ2) is 12.1. The van der Waals surface area contributed by atoms with Crippen molar-refractivity contribution in [3.63, 3.8) is 0 Å². The van der Waals surface area contributed by atoms with E-state index in [2.05, 4.69) is 25.7 Å². The number of carbonyl (C=O) groups is 1. The molecule has 0 fully saturated rings. The van der Waals surface area contributed by atoms with E-state index < -0.39 is 23.1 Å². The van der Waals surface area contributed by atoms with Crippen LogP contribution in [-0.2, 0) is 6.18 Å². The van der Waals surface area contributed by atoms with Crippen LogP contribution in [0.5, 0.6) is 5.75 Å². The zero-order valence-electron chi connectivity index (χ0n) is 21.7. The third-order valence-corrected chi connectivity index (χ3v) is 6.15. The number of H-pyrrole nitrogens is 1. The van der Waals surface area contributed by atoms with Gasteiger partial charge in [-0.05, 0) is 49.7 Å². The summed E-state index contributed by atoms with van der Waals surface area (Å²) in [5.74, 6) is 0.428. The molecule has 1 atom stereocenters. The smallest absolute Gasteiger partial charge is 0.423 e. The number of alkyl halides is 3. The Balaban J connectivity index is 1.39. The molecule has 2 aromatic heterocycles. The summed E-state index contributed by atoms with van der Waals surface area (Å²) in [4.78, 5) is 33.6. The number of carbonyl (C=O) groups excluding carboxylic acids is 1. The number of nitrogens with one attached hydrogen (secondary N) is 3. The zero-order valence-corrected chi connectivity index (χ0v) is 21.7. The molecule has 4 rings (SSSR count). The Hall–Kier alpha value is -4.49. The molecule has 0 radical (unpaired) electrons. The monoisotopic (exact) mass is 561 g/mol. The Morgan fingerprint density at radius 2 is 2.05 bits per heavy atom. The van der Waals surface area contributed by atoms with Crippen molar-refractivity contribution < 1.29 is 27.1 Å². The maximum absolute atomic E-state index is 14.8. The second-order valence-electron chi connectivity index (χ2n) is 9.23. The average molecular weight is 562 g/mol. The van der Waals surface area contributed by atoms with Crippen LogP contribution in [0.15, 0.2) is 35.5 Å². The number of aromatic amines is 1. The van der Waals surface area contributed by atoms with E-state index in [9.17, 15) is 27.2 Å². The van der Waals surface area contributed by atoms with E-state index in [-0.39, 0.29) is 28.7 Å². The molecule has 14 heteroatoms. The third kappa shape index (κ3) is 6.74. The lowest BCUT2D eigenvalue weighted by molar-refractivity contribution is -0.138. The quantitative estimate of drug-likeness (QED) is 0.247. The van der Waals surface area contributed by atoms with E-state index in [4.69, 9.17) is 4.74 Å². The number of hydrogen-bond acceptors (Lipinski definition) is 9. The van der Waals surface area contributed by atoms with E-state index >= 15 is 0 Å². The molecule has 0 aliphatic carbocycles. The van der Waals surface area contributed by atoms with Gasteiger partial charge in [0.1, 0.15) is 18.0 Å². The summed E-state index contributed by atoms with van der Waals surface area (Å²) in [6, 6.07) is 2.25. The van der Waals surface area contributed by atoms with Crippen molar-refractivity contribution in [3.8, 4) is 17.1 Å². The minimum absolute atomic E-state index is 0.121. The first-order valence-corrected chi connectivity index (χ1v) is 12.4. The number of nitrogens with zero attached hydrogens (tertiary/aromatic N) is 4. The van der Waals surface area contributed by atoms with Crippen molar-refractivity contribution in [3.05, 3.63) is 63.6 Å². The predicted molar refractivity (Wildman–Crippen MR) is 141 cm³/mol. The van der Waals surface area contributed by atoms with E-state index in [1.165, 1.54) is 12.3 Å². The van der Waals surface area contributed by atoms with Crippen LogP contribution < -0.4 is 20.9 Å². The molecule has 40 heavy (non-hydrogen) atoms. The van der Waals surface area contributed by atoms with Gasteiger partial charge in [0.25, 0.3) is 5.56 Å². The normalized spacial score (nSPS) is 13.8. The molecular weight excluding hydrogens is 534 g/mol. The summed E-state index contributed by atoms with van der Waals surface area (Å²) < 4.78 is 60.0.